The first-order chi connectivity index (χ1) is 12.5. The molecule has 2 rings (SSSR count). The van der Waals surface area contributed by atoms with Crippen LogP contribution in [-0.4, -0.2) is 47.2 Å². The number of nitrogens with zero attached hydrogens (tertiary/aromatic N) is 2. The van der Waals surface area contributed by atoms with E-state index in [0.29, 0.717) is 13.0 Å². The van der Waals surface area contributed by atoms with E-state index in [9.17, 15) is 5.11 Å². The van der Waals surface area contributed by atoms with Gasteiger partial charge in [0.2, 0.25) is 0 Å². The van der Waals surface area contributed by atoms with Crippen LogP contribution in [0, 0.1) is 0 Å². The van der Waals surface area contributed by atoms with Crippen LogP contribution in [0.3, 0.4) is 0 Å². The number of hydrogen-bond donors (Lipinski definition) is 1. The molecular weight excluding hydrogens is 344 g/mol. The van der Waals surface area contributed by atoms with Crippen molar-refractivity contribution in [2.45, 2.75) is 26.4 Å². The maximum Gasteiger partial charge on any atom is 0.121 e. The van der Waals surface area contributed by atoms with Crippen LogP contribution in [0.1, 0.15) is 19.5 Å². The maximum atomic E-state index is 10.1. The Bertz CT molecular complexity index is 775. The smallest absolute Gasteiger partial charge is 0.121 e. The fraction of sp³-hybridized carbons (Fsp3) is 0.381. The number of ether oxygens (including phenoxy) is 1. The summed E-state index contributed by atoms with van der Waals surface area (Å²) in [5, 5.41) is 11.2. The average molecular weight is 373 g/mol. The Balaban J connectivity index is 1.92. The largest absolute Gasteiger partial charge is 0.489 e. The van der Waals surface area contributed by atoms with Crippen LogP contribution in [-0.2, 0) is 6.42 Å². The van der Waals surface area contributed by atoms with Crippen LogP contribution >= 0.6 is 11.5 Å². The van der Waals surface area contributed by atoms with E-state index < -0.39 is 6.10 Å². The minimum absolute atomic E-state index is 0.495. The lowest BCUT2D eigenvalue weighted by Crippen LogP contribution is -2.17. The number of likely N-dealkylation sites (N-methyl/N-ethyl adjacent to an activating group) is 1. The van der Waals surface area contributed by atoms with Crippen LogP contribution in [0.2, 0.25) is 0 Å². The van der Waals surface area contributed by atoms with Gasteiger partial charge in [0, 0.05) is 24.9 Å². The van der Waals surface area contributed by atoms with Gasteiger partial charge in [-0.05, 0) is 50.6 Å². The fourth-order valence-electron chi connectivity index (χ4n) is 2.61. The van der Waals surface area contributed by atoms with Gasteiger partial charge >= 0.3 is 0 Å². The highest BCUT2D eigenvalue weighted by atomic mass is 32.1. The van der Waals surface area contributed by atoms with Gasteiger partial charge in [-0.25, -0.2) is 0 Å². The van der Waals surface area contributed by atoms with E-state index in [1.165, 1.54) is 11.5 Å². The second kappa shape index (κ2) is 10.3. The zero-order valence-electron chi connectivity index (χ0n) is 15.8. The number of hydrogen-bond acceptors (Lipinski definition) is 5. The molecule has 5 heteroatoms. The summed E-state index contributed by atoms with van der Waals surface area (Å²) in [5.41, 5.74) is 2.04. The molecule has 0 saturated heterocycles. The van der Waals surface area contributed by atoms with Gasteiger partial charge in [0.15, 0.2) is 0 Å². The van der Waals surface area contributed by atoms with Gasteiger partial charge in [-0.2, -0.15) is 4.37 Å². The summed E-state index contributed by atoms with van der Waals surface area (Å²) in [6.07, 6.45) is 7.91. The van der Waals surface area contributed by atoms with Crippen molar-refractivity contribution in [2.75, 3.05) is 26.7 Å². The van der Waals surface area contributed by atoms with Gasteiger partial charge in [0.25, 0.3) is 0 Å². The Labute approximate surface area is 160 Å². The molecule has 1 aromatic carbocycles. The summed E-state index contributed by atoms with van der Waals surface area (Å²) < 4.78 is 11.4. The molecule has 26 heavy (non-hydrogen) atoms. The predicted molar refractivity (Wildman–Crippen MR) is 111 cm³/mol. The Hall–Kier alpha value is -1.95. The normalized spacial score (nSPS) is 12.7. The zero-order valence-corrected chi connectivity index (χ0v) is 16.6. The van der Waals surface area contributed by atoms with Crippen molar-refractivity contribution in [1.29, 1.82) is 0 Å². The van der Waals surface area contributed by atoms with E-state index >= 15 is 0 Å². The predicted octanol–water partition coefficient (Wildman–Crippen LogP) is 4.22. The SMILES string of the molecule is C=CCN(C)C/C=C/COc1ccc2c(C[C@H](O)C=C(C)C)nsc2c1. The van der Waals surface area contributed by atoms with Gasteiger partial charge in [-0.3, -0.25) is 4.90 Å². The maximum absolute atomic E-state index is 10.1. The van der Waals surface area contributed by atoms with Gasteiger partial charge in [0.1, 0.15) is 12.4 Å². The molecule has 1 atom stereocenters. The van der Waals surface area contributed by atoms with Gasteiger partial charge in [-0.1, -0.05) is 29.9 Å². The van der Waals surface area contributed by atoms with Gasteiger partial charge in [-0.15, -0.1) is 6.58 Å². The number of aromatic nitrogens is 1. The molecule has 0 aliphatic heterocycles. The number of benzene rings is 1. The highest BCUT2D eigenvalue weighted by Gasteiger charge is 2.11. The summed E-state index contributed by atoms with van der Waals surface area (Å²) in [5.74, 6) is 0.835. The zero-order chi connectivity index (χ0) is 18.9. The third-order valence-corrected chi connectivity index (χ3v) is 4.66. The quantitative estimate of drug-likeness (QED) is 0.634. The van der Waals surface area contributed by atoms with Crippen molar-refractivity contribution in [3.63, 3.8) is 0 Å². The minimum Gasteiger partial charge on any atom is -0.489 e. The Morgan fingerprint density at radius 3 is 2.88 bits per heavy atom. The average Bonchev–Trinajstić information content (AvgIpc) is 2.96. The number of allylic oxidation sites excluding steroid dienone is 1. The summed E-state index contributed by atoms with van der Waals surface area (Å²) in [7, 11) is 2.05. The van der Waals surface area contributed by atoms with Crippen LogP contribution in [0.15, 0.2) is 54.7 Å². The Morgan fingerprint density at radius 2 is 2.15 bits per heavy atom. The number of aliphatic hydroxyl groups is 1. The first-order valence-corrected chi connectivity index (χ1v) is 9.55. The molecular formula is C21H28N2O2S. The van der Waals surface area contributed by atoms with Crippen molar-refractivity contribution in [2.24, 2.45) is 0 Å². The lowest BCUT2D eigenvalue weighted by molar-refractivity contribution is 0.222. The van der Waals surface area contributed by atoms with E-state index in [2.05, 4.69) is 29.0 Å². The molecule has 0 bridgehead atoms. The second-order valence-electron chi connectivity index (χ2n) is 6.60. The molecule has 0 amide bonds. The first kappa shape index (κ1) is 20.4. The highest BCUT2D eigenvalue weighted by molar-refractivity contribution is 7.13. The summed E-state index contributed by atoms with van der Waals surface area (Å²) >= 11 is 1.45. The monoisotopic (exact) mass is 372 g/mol. The topological polar surface area (TPSA) is 45.6 Å². The van der Waals surface area contributed by atoms with Crippen LogP contribution < -0.4 is 4.74 Å². The Kier molecular flexibility index (Phi) is 8.04. The number of aliphatic hydroxyl groups excluding tert-OH is 1. The first-order valence-electron chi connectivity index (χ1n) is 8.78. The van der Waals surface area contributed by atoms with Gasteiger partial charge in [0.05, 0.1) is 16.5 Å². The minimum atomic E-state index is -0.495. The van der Waals surface area contributed by atoms with E-state index in [1.54, 1.807) is 0 Å². The van der Waals surface area contributed by atoms with Crippen LogP contribution in [0.5, 0.6) is 5.75 Å². The summed E-state index contributed by atoms with van der Waals surface area (Å²) in [4.78, 5) is 2.16. The van der Waals surface area contributed by atoms with Crippen molar-refractivity contribution in [3.05, 3.63) is 60.3 Å². The van der Waals surface area contributed by atoms with E-state index in [-0.39, 0.29) is 0 Å². The van der Waals surface area contributed by atoms with Crippen LogP contribution in [0.25, 0.3) is 10.1 Å². The molecule has 0 fully saturated rings. The molecule has 0 aliphatic rings. The molecule has 0 spiro atoms. The second-order valence-corrected chi connectivity index (χ2v) is 7.40. The molecule has 0 unspecified atom stereocenters. The standard InChI is InChI=1S/C21H28N2O2S/c1-5-10-23(4)11-6-7-12-25-18-8-9-19-20(22-26-21(19)15-18)14-17(24)13-16(2)3/h5-9,13,15,17,24H,1,10-12,14H2,2-4H3/b7-6+/t17-/m1/s1. The molecule has 4 nitrogen and oxygen atoms in total. The number of fused-ring (bicyclic) bond motifs is 1. The number of rotatable bonds is 10. The van der Waals surface area contributed by atoms with Crippen LogP contribution in [0.4, 0.5) is 0 Å². The lowest BCUT2D eigenvalue weighted by atomic mass is 10.1. The molecule has 140 valence electrons. The van der Waals surface area contributed by atoms with E-state index in [0.717, 1.165) is 40.2 Å². The van der Waals surface area contributed by atoms with E-state index in [1.807, 2.05) is 50.3 Å². The molecule has 0 radical (unpaired) electrons. The molecule has 0 saturated carbocycles. The third kappa shape index (κ3) is 6.41. The summed E-state index contributed by atoms with van der Waals surface area (Å²) in [6, 6.07) is 6.01. The molecule has 0 aliphatic carbocycles. The Morgan fingerprint density at radius 1 is 1.35 bits per heavy atom. The fourth-order valence-corrected chi connectivity index (χ4v) is 3.45. The molecule has 1 heterocycles. The van der Waals surface area contributed by atoms with Crippen molar-refractivity contribution in [1.82, 2.24) is 9.27 Å². The summed E-state index contributed by atoms with van der Waals surface area (Å²) in [6.45, 7) is 9.98. The molecule has 1 aromatic heterocycles. The van der Waals surface area contributed by atoms with Crippen molar-refractivity contribution < 1.29 is 9.84 Å². The van der Waals surface area contributed by atoms with Crippen molar-refractivity contribution in [3.8, 4) is 5.75 Å². The lowest BCUT2D eigenvalue weighted by Gasteiger charge is -2.10. The van der Waals surface area contributed by atoms with E-state index in [4.69, 9.17) is 4.74 Å². The van der Waals surface area contributed by atoms with Gasteiger partial charge < -0.3 is 9.84 Å². The molecule has 1 N–H and O–H groups in total. The highest BCUT2D eigenvalue weighted by Crippen LogP contribution is 2.28. The molecule has 2 aromatic rings. The third-order valence-electron chi connectivity index (χ3n) is 3.82. The van der Waals surface area contributed by atoms with Crippen molar-refractivity contribution >= 4 is 21.6 Å².